The van der Waals surface area contributed by atoms with E-state index in [0.29, 0.717) is 36.3 Å². The second-order valence-electron chi connectivity index (χ2n) is 4.24. The number of carbonyl (C=O) groups excluding carboxylic acids is 1. The molecule has 2 heterocycles. The molecule has 1 aliphatic rings. The van der Waals surface area contributed by atoms with Gasteiger partial charge in [0.25, 0.3) is 5.56 Å². The van der Waals surface area contributed by atoms with Crippen molar-refractivity contribution in [3.05, 3.63) is 21.0 Å². The number of amides is 1. The van der Waals surface area contributed by atoms with E-state index in [2.05, 4.69) is 31.7 Å². The summed E-state index contributed by atoms with van der Waals surface area (Å²) < 4.78 is 6.66. The first-order valence-corrected chi connectivity index (χ1v) is 6.69. The number of hydrogen-bond donors (Lipinski definition) is 2. The van der Waals surface area contributed by atoms with Crippen molar-refractivity contribution in [2.75, 3.05) is 25.6 Å². The van der Waals surface area contributed by atoms with E-state index in [1.807, 2.05) is 0 Å². The number of anilines is 1. The van der Waals surface area contributed by atoms with Crippen molar-refractivity contribution in [1.82, 2.24) is 15.1 Å². The maximum atomic E-state index is 12.0. The molecule has 2 rings (SSSR count). The van der Waals surface area contributed by atoms with Crippen LogP contribution in [-0.2, 0) is 16.1 Å². The van der Waals surface area contributed by atoms with Gasteiger partial charge in [0.1, 0.15) is 4.47 Å². The molecule has 0 aliphatic carbocycles. The monoisotopic (exact) mass is 330 g/mol. The van der Waals surface area contributed by atoms with Gasteiger partial charge in [0.2, 0.25) is 5.91 Å². The van der Waals surface area contributed by atoms with Crippen molar-refractivity contribution in [2.45, 2.75) is 19.0 Å². The molecule has 104 valence electrons. The maximum Gasteiger partial charge on any atom is 0.283 e. The largest absolute Gasteiger partial charge is 0.383 e. The number of nitrogens with one attached hydrogen (secondary N) is 2. The molecule has 1 aliphatic heterocycles. The summed E-state index contributed by atoms with van der Waals surface area (Å²) in [5.74, 6) is 0.00928. The number of aromatic nitrogens is 2. The van der Waals surface area contributed by atoms with Crippen LogP contribution in [0.15, 0.2) is 15.5 Å². The van der Waals surface area contributed by atoms with Gasteiger partial charge in [-0.1, -0.05) is 0 Å². The summed E-state index contributed by atoms with van der Waals surface area (Å²) in [4.78, 5) is 23.1. The first-order valence-electron chi connectivity index (χ1n) is 5.89. The SMILES string of the molecule is COCCn1ncc(NC2CNC(=O)C2)c(Br)c1=O. The van der Waals surface area contributed by atoms with Crippen LogP contribution >= 0.6 is 15.9 Å². The quantitative estimate of drug-likeness (QED) is 0.790. The molecule has 7 nitrogen and oxygen atoms in total. The molecule has 8 heteroatoms. The lowest BCUT2D eigenvalue weighted by Crippen LogP contribution is -2.28. The maximum absolute atomic E-state index is 12.0. The van der Waals surface area contributed by atoms with Gasteiger partial charge in [-0.2, -0.15) is 5.10 Å². The third-order valence-corrected chi connectivity index (χ3v) is 3.60. The second kappa shape index (κ2) is 6.16. The number of methoxy groups -OCH3 is 1. The summed E-state index contributed by atoms with van der Waals surface area (Å²) in [7, 11) is 1.57. The number of rotatable bonds is 5. The van der Waals surface area contributed by atoms with Crippen molar-refractivity contribution < 1.29 is 9.53 Å². The van der Waals surface area contributed by atoms with Crippen molar-refractivity contribution in [1.29, 1.82) is 0 Å². The van der Waals surface area contributed by atoms with E-state index in [9.17, 15) is 9.59 Å². The Balaban J connectivity index is 2.12. The number of halogens is 1. The third kappa shape index (κ3) is 3.32. The zero-order valence-corrected chi connectivity index (χ0v) is 12.1. The predicted octanol–water partition coefficient (Wildman–Crippen LogP) is -0.0474. The van der Waals surface area contributed by atoms with Gasteiger partial charge in [-0.3, -0.25) is 9.59 Å². The molecule has 0 aromatic carbocycles. The van der Waals surface area contributed by atoms with Gasteiger partial charge in [0.05, 0.1) is 31.1 Å². The second-order valence-corrected chi connectivity index (χ2v) is 5.04. The molecule has 1 aromatic rings. The molecule has 1 unspecified atom stereocenters. The lowest BCUT2D eigenvalue weighted by atomic mass is 10.2. The van der Waals surface area contributed by atoms with E-state index in [1.54, 1.807) is 13.3 Å². The highest BCUT2D eigenvalue weighted by Gasteiger charge is 2.22. The lowest BCUT2D eigenvalue weighted by Gasteiger charge is -2.14. The van der Waals surface area contributed by atoms with Crippen molar-refractivity contribution >= 4 is 27.5 Å². The van der Waals surface area contributed by atoms with Crippen LogP contribution in [0.4, 0.5) is 5.69 Å². The topological polar surface area (TPSA) is 85.2 Å². The number of hydrogen-bond acceptors (Lipinski definition) is 5. The predicted molar refractivity (Wildman–Crippen MR) is 73.1 cm³/mol. The molecular weight excluding hydrogens is 316 g/mol. The zero-order valence-electron chi connectivity index (χ0n) is 10.5. The molecule has 19 heavy (non-hydrogen) atoms. The molecular formula is C11H15BrN4O3. The molecule has 1 atom stereocenters. The fourth-order valence-corrected chi connectivity index (χ4v) is 2.25. The molecule has 1 saturated heterocycles. The highest BCUT2D eigenvalue weighted by atomic mass is 79.9. The van der Waals surface area contributed by atoms with Crippen LogP contribution in [-0.4, -0.2) is 42.0 Å². The normalized spacial score (nSPS) is 18.4. The van der Waals surface area contributed by atoms with Gasteiger partial charge < -0.3 is 15.4 Å². The highest BCUT2D eigenvalue weighted by molar-refractivity contribution is 9.10. The van der Waals surface area contributed by atoms with E-state index in [1.165, 1.54) is 4.68 Å². The van der Waals surface area contributed by atoms with Crippen LogP contribution in [0.2, 0.25) is 0 Å². The molecule has 0 saturated carbocycles. The van der Waals surface area contributed by atoms with Crippen molar-refractivity contribution in [3.8, 4) is 0 Å². The Morgan fingerprint density at radius 1 is 1.63 bits per heavy atom. The summed E-state index contributed by atoms with van der Waals surface area (Å²) >= 11 is 3.26. The Morgan fingerprint density at radius 2 is 2.42 bits per heavy atom. The average Bonchev–Trinajstić information content (AvgIpc) is 2.80. The molecule has 1 aromatic heterocycles. The Hall–Kier alpha value is -1.41. The van der Waals surface area contributed by atoms with Gasteiger partial charge in [-0.15, -0.1) is 0 Å². The number of carbonyl (C=O) groups is 1. The highest BCUT2D eigenvalue weighted by Crippen LogP contribution is 2.18. The standard InChI is InChI=1S/C11H15BrN4O3/c1-19-3-2-16-11(18)10(12)8(6-14-16)15-7-4-9(17)13-5-7/h6-7,15H,2-5H2,1H3,(H,13,17). The Morgan fingerprint density at radius 3 is 3.05 bits per heavy atom. The first kappa shape index (κ1) is 14.0. The van der Waals surface area contributed by atoms with E-state index in [4.69, 9.17) is 4.74 Å². The Bertz CT molecular complexity index is 531. The Labute approximate surface area is 118 Å². The summed E-state index contributed by atoms with van der Waals surface area (Å²) in [5, 5.41) is 9.92. The molecule has 1 fully saturated rings. The summed E-state index contributed by atoms with van der Waals surface area (Å²) in [6, 6.07) is -0.0141. The molecule has 2 N–H and O–H groups in total. The fourth-order valence-electron chi connectivity index (χ4n) is 1.83. The van der Waals surface area contributed by atoms with Gasteiger partial charge in [0, 0.05) is 20.1 Å². The van der Waals surface area contributed by atoms with Crippen LogP contribution in [0.5, 0.6) is 0 Å². The molecule has 1 amide bonds. The minimum atomic E-state index is -0.223. The van der Waals surface area contributed by atoms with Gasteiger partial charge in [0.15, 0.2) is 0 Å². The van der Waals surface area contributed by atoms with Crippen LogP contribution in [0.3, 0.4) is 0 Å². The molecule has 0 spiro atoms. The minimum absolute atomic E-state index is 0.00928. The summed E-state index contributed by atoms with van der Waals surface area (Å²) in [6.45, 7) is 1.38. The van der Waals surface area contributed by atoms with Gasteiger partial charge in [-0.25, -0.2) is 4.68 Å². The van der Waals surface area contributed by atoms with E-state index in [0.717, 1.165) is 0 Å². The van der Waals surface area contributed by atoms with Crippen LogP contribution in [0, 0.1) is 0 Å². The van der Waals surface area contributed by atoms with Crippen LogP contribution in [0.25, 0.3) is 0 Å². The van der Waals surface area contributed by atoms with Crippen molar-refractivity contribution in [2.24, 2.45) is 0 Å². The Kier molecular flexibility index (Phi) is 4.54. The smallest absolute Gasteiger partial charge is 0.283 e. The molecule has 0 radical (unpaired) electrons. The van der Waals surface area contributed by atoms with Gasteiger partial charge >= 0.3 is 0 Å². The van der Waals surface area contributed by atoms with E-state index < -0.39 is 0 Å². The number of ether oxygens (including phenoxy) is 1. The first-order chi connectivity index (χ1) is 9.11. The average molecular weight is 331 g/mol. The van der Waals surface area contributed by atoms with Crippen molar-refractivity contribution in [3.63, 3.8) is 0 Å². The summed E-state index contributed by atoms with van der Waals surface area (Å²) in [5.41, 5.74) is 0.375. The molecule has 0 bridgehead atoms. The minimum Gasteiger partial charge on any atom is -0.383 e. The van der Waals surface area contributed by atoms with Crippen LogP contribution in [0.1, 0.15) is 6.42 Å². The number of nitrogens with zero attached hydrogens (tertiary/aromatic N) is 2. The van der Waals surface area contributed by atoms with Crippen LogP contribution < -0.4 is 16.2 Å². The summed E-state index contributed by atoms with van der Waals surface area (Å²) in [6.07, 6.45) is 1.98. The van der Waals surface area contributed by atoms with E-state index in [-0.39, 0.29) is 17.5 Å². The zero-order chi connectivity index (χ0) is 13.8. The third-order valence-electron chi connectivity index (χ3n) is 2.83. The van der Waals surface area contributed by atoms with E-state index >= 15 is 0 Å². The fraction of sp³-hybridized carbons (Fsp3) is 0.545. The van der Waals surface area contributed by atoms with Gasteiger partial charge in [-0.05, 0) is 15.9 Å². The lowest BCUT2D eigenvalue weighted by molar-refractivity contribution is -0.119.